The minimum atomic E-state index is -2.93. The number of hydrogen-bond acceptors (Lipinski definition) is 6. The summed E-state index contributed by atoms with van der Waals surface area (Å²) in [5.41, 5.74) is 3.38. The van der Waals surface area contributed by atoms with Crippen LogP contribution in [0, 0.1) is 17.8 Å². The summed E-state index contributed by atoms with van der Waals surface area (Å²) >= 11 is 6.48. The summed E-state index contributed by atoms with van der Waals surface area (Å²) in [7, 11) is 3.16. The summed E-state index contributed by atoms with van der Waals surface area (Å²) in [5.74, 6) is 5.24. The number of hydrogen-bond donors (Lipinski definition) is 1. The number of amides is 1. The zero-order valence-corrected chi connectivity index (χ0v) is 30.3. The number of allylic oxidation sites excluding steroid dienone is 1. The number of halogens is 1. The van der Waals surface area contributed by atoms with Crippen LogP contribution < -0.4 is 14.4 Å². The lowest BCUT2D eigenvalue weighted by atomic mass is 9.63. The van der Waals surface area contributed by atoms with Gasteiger partial charge in [0.25, 0.3) is 5.91 Å². The third-order valence-corrected chi connectivity index (χ3v) is 14.1. The quantitative estimate of drug-likeness (QED) is 0.293. The largest absolute Gasteiger partial charge is 0.490 e. The Bertz CT molecular complexity index is 1630. The molecule has 1 N–H and O–H groups in total. The Morgan fingerprint density at radius 1 is 1.19 bits per heavy atom. The van der Waals surface area contributed by atoms with E-state index < -0.39 is 15.3 Å². The number of anilines is 1. The molecule has 0 aromatic heterocycles. The highest BCUT2D eigenvalue weighted by Gasteiger charge is 2.49. The van der Waals surface area contributed by atoms with Gasteiger partial charge in [-0.3, -0.25) is 9.52 Å². The average molecular weight is 682 g/mol. The van der Waals surface area contributed by atoms with Gasteiger partial charge in [0.05, 0.1) is 27.6 Å². The Kier molecular flexibility index (Phi) is 9.80. The van der Waals surface area contributed by atoms with E-state index in [4.69, 9.17) is 21.1 Å². The molecule has 1 saturated carbocycles. The third kappa shape index (κ3) is 6.72. The van der Waals surface area contributed by atoms with Crippen molar-refractivity contribution in [3.05, 3.63) is 70.3 Å². The number of fused-ring (bicyclic) bond motifs is 4. The van der Waals surface area contributed by atoms with Crippen LogP contribution in [0.3, 0.4) is 0 Å². The van der Waals surface area contributed by atoms with Crippen molar-refractivity contribution in [2.24, 2.45) is 17.8 Å². The molecule has 4 aliphatic rings. The Morgan fingerprint density at radius 3 is 2.72 bits per heavy atom. The molecule has 0 radical (unpaired) electrons. The van der Waals surface area contributed by atoms with Crippen molar-refractivity contribution in [1.82, 2.24) is 9.62 Å². The van der Waals surface area contributed by atoms with Crippen LogP contribution in [0.25, 0.3) is 0 Å². The maximum atomic E-state index is 13.9. The summed E-state index contributed by atoms with van der Waals surface area (Å²) in [5, 5.41) is 0.448. The molecule has 2 aromatic rings. The lowest BCUT2D eigenvalue weighted by Crippen LogP contribution is -2.53. The number of rotatable bonds is 4. The molecule has 2 aliphatic carbocycles. The first-order chi connectivity index (χ1) is 22.4. The Labute approximate surface area is 287 Å². The number of carbonyl (C=O) groups is 1. The zero-order chi connectivity index (χ0) is 33.6. The van der Waals surface area contributed by atoms with Crippen molar-refractivity contribution >= 4 is 38.8 Å². The van der Waals surface area contributed by atoms with Gasteiger partial charge in [-0.1, -0.05) is 36.7 Å². The molecule has 1 fully saturated rings. The second-order valence-corrected chi connectivity index (χ2v) is 17.8. The van der Waals surface area contributed by atoms with Gasteiger partial charge in [-0.15, -0.1) is 0 Å². The zero-order valence-electron chi connectivity index (χ0n) is 28.7. The summed E-state index contributed by atoms with van der Waals surface area (Å²) in [6, 6.07) is 12.0. The van der Waals surface area contributed by atoms with Gasteiger partial charge in [-0.05, 0) is 131 Å². The van der Waals surface area contributed by atoms with Crippen LogP contribution in [-0.2, 0) is 26.3 Å². The molecule has 2 bridgehead atoms. The van der Waals surface area contributed by atoms with Crippen LogP contribution >= 0.6 is 11.6 Å². The van der Waals surface area contributed by atoms with Crippen LogP contribution in [0.5, 0.6) is 5.75 Å². The van der Waals surface area contributed by atoms with Gasteiger partial charge in [-0.25, -0.2) is 4.21 Å². The van der Waals surface area contributed by atoms with Gasteiger partial charge in [0.1, 0.15) is 5.75 Å². The number of nitrogens with one attached hydrogen (secondary N) is 1. The van der Waals surface area contributed by atoms with Gasteiger partial charge < -0.3 is 19.3 Å². The summed E-state index contributed by atoms with van der Waals surface area (Å²) in [6.45, 7) is 7.09. The number of aryl methyl sites for hydroxylation is 1. The van der Waals surface area contributed by atoms with E-state index in [2.05, 4.69) is 65.7 Å². The molecule has 7 atom stereocenters. The molecule has 1 spiro atoms. The van der Waals surface area contributed by atoms with E-state index in [9.17, 15) is 9.00 Å². The summed E-state index contributed by atoms with van der Waals surface area (Å²) in [6.07, 6.45) is 11.4. The van der Waals surface area contributed by atoms with Gasteiger partial charge >= 0.3 is 0 Å². The number of nitrogens with zero attached hydrogens (tertiary/aromatic N) is 2. The molecule has 1 unspecified atom stereocenters. The molecule has 2 aliphatic heterocycles. The first-order valence-corrected chi connectivity index (χ1v) is 19.4. The predicted octanol–water partition coefficient (Wildman–Crippen LogP) is 6.52. The highest BCUT2D eigenvalue weighted by atomic mass is 35.5. The van der Waals surface area contributed by atoms with Crippen LogP contribution in [-0.4, -0.2) is 79.2 Å². The number of methoxy groups -OCH3 is 1. The summed E-state index contributed by atoms with van der Waals surface area (Å²) in [4.78, 5) is 18.4. The van der Waals surface area contributed by atoms with Crippen molar-refractivity contribution in [2.75, 3.05) is 52.3 Å². The van der Waals surface area contributed by atoms with Crippen molar-refractivity contribution < 1.29 is 18.5 Å². The maximum absolute atomic E-state index is 13.9. The fourth-order valence-electron chi connectivity index (χ4n) is 8.44. The van der Waals surface area contributed by atoms with E-state index in [1.807, 2.05) is 32.2 Å². The normalized spacial score (nSPS) is 34.8. The van der Waals surface area contributed by atoms with Gasteiger partial charge in [0, 0.05) is 48.0 Å². The molecule has 2 aromatic carbocycles. The fraction of sp³-hybridized carbons (Fsp3) is 0.579. The molecule has 256 valence electrons. The van der Waals surface area contributed by atoms with Crippen molar-refractivity contribution in [3.63, 3.8) is 0 Å². The number of benzene rings is 2. The van der Waals surface area contributed by atoms with E-state index in [-0.39, 0.29) is 22.5 Å². The lowest BCUT2D eigenvalue weighted by Gasteiger charge is -2.51. The molecule has 0 saturated heterocycles. The van der Waals surface area contributed by atoms with Gasteiger partial charge in [0.15, 0.2) is 0 Å². The van der Waals surface area contributed by atoms with Crippen LogP contribution in [0.4, 0.5) is 5.69 Å². The first kappa shape index (κ1) is 34.3. The number of carbonyl (C=O) groups excluding carboxylic acids is 1. The topological polar surface area (TPSA) is 71.1 Å². The molecule has 6 rings (SSSR count). The van der Waals surface area contributed by atoms with Gasteiger partial charge in [0.2, 0.25) is 0 Å². The first-order valence-electron chi connectivity index (χ1n) is 17.2. The maximum Gasteiger partial charge on any atom is 0.262 e. The monoisotopic (exact) mass is 681 g/mol. The Balaban J connectivity index is 1.46. The highest BCUT2D eigenvalue weighted by Crippen LogP contribution is 2.50. The molecular formula is C38H52ClN3O4S. The minimum Gasteiger partial charge on any atom is -0.490 e. The highest BCUT2D eigenvalue weighted by molar-refractivity contribution is 7.99. The van der Waals surface area contributed by atoms with E-state index >= 15 is 0 Å². The van der Waals surface area contributed by atoms with E-state index in [1.165, 1.54) is 11.1 Å². The summed E-state index contributed by atoms with van der Waals surface area (Å²) < 4.78 is 29.9. The smallest absolute Gasteiger partial charge is 0.262 e. The van der Waals surface area contributed by atoms with E-state index in [0.29, 0.717) is 24.0 Å². The predicted molar refractivity (Wildman–Crippen MR) is 194 cm³/mol. The average Bonchev–Trinajstić information content (AvgIpc) is 3.17. The molecule has 9 heteroatoms. The van der Waals surface area contributed by atoms with Crippen LogP contribution in [0.15, 0.2) is 48.6 Å². The van der Waals surface area contributed by atoms with E-state index in [1.54, 1.807) is 6.07 Å². The van der Waals surface area contributed by atoms with Gasteiger partial charge in [-0.2, -0.15) is 0 Å². The van der Waals surface area contributed by atoms with Crippen molar-refractivity contribution in [3.8, 4) is 5.75 Å². The van der Waals surface area contributed by atoms with Crippen molar-refractivity contribution in [2.45, 2.75) is 75.1 Å². The van der Waals surface area contributed by atoms with Crippen LogP contribution in [0.2, 0.25) is 5.02 Å². The lowest BCUT2D eigenvalue weighted by molar-refractivity contribution is -0.0823. The molecule has 7 nitrogen and oxygen atoms in total. The van der Waals surface area contributed by atoms with Crippen LogP contribution in [0.1, 0.15) is 73.9 Å². The standard InChI is InChI=1S/C38H52ClN3O4S/c1-26-9-7-18-38(45-5,19-20-41(3)4)33-14-11-30(33)23-42-24-37(17-8-10-28-21-31(39)13-15-32(28)37)25-46-35-16-12-29(22-34(35)42)36(43)40-47(6,44)27(26)2/h7,12-13,15-16,18,21-22,26-27,30,33H,6,8-11,14,17,19-20,23-25H2,1-5H3,(H,40,43,44)/b18-7+/t26-,27+,30-,33+,37-,38+,47?/m0/s1. The second-order valence-electron chi connectivity index (χ2n) is 14.9. The third-order valence-electron chi connectivity index (χ3n) is 11.7. The molecule has 1 amide bonds. The second kappa shape index (κ2) is 13.4. The molecule has 47 heavy (non-hydrogen) atoms. The molecular weight excluding hydrogens is 630 g/mol. The number of ether oxygens (including phenoxy) is 2. The molecule has 2 heterocycles. The Hall–Kier alpha value is -2.52. The Morgan fingerprint density at radius 2 is 2.00 bits per heavy atom. The van der Waals surface area contributed by atoms with Crippen molar-refractivity contribution in [1.29, 1.82) is 0 Å². The fourth-order valence-corrected chi connectivity index (χ4v) is 10.1. The van der Waals surface area contributed by atoms with E-state index in [0.717, 1.165) is 81.0 Å². The SMILES string of the molecule is C=S1(=O)NC(=O)c2ccc3c(c2)N(C[C@@H]2CC[C@H]2[C@@](CCN(C)C)(OC)/C=C/C[C@H](C)[C@H]1C)C[C@@]1(CCCc2cc(Cl)ccc21)CO3. The minimum absolute atomic E-state index is 0.0467.